The van der Waals surface area contributed by atoms with Crippen molar-refractivity contribution in [3.8, 4) is 34.0 Å². The summed E-state index contributed by atoms with van der Waals surface area (Å²) in [5.41, 5.74) is 5.54. The summed E-state index contributed by atoms with van der Waals surface area (Å²) < 4.78 is 18.6. The third-order valence-corrected chi connectivity index (χ3v) is 8.21. The van der Waals surface area contributed by atoms with Gasteiger partial charge in [-0.2, -0.15) is 0 Å². The maximum atomic E-state index is 14.2. The van der Waals surface area contributed by atoms with Crippen LogP contribution in [0.5, 0.6) is 5.75 Å². The fraction of sp³-hybridized carbons (Fsp3) is 0.333. The van der Waals surface area contributed by atoms with Gasteiger partial charge in [-0.1, -0.05) is 61.0 Å². The summed E-state index contributed by atoms with van der Waals surface area (Å²) in [7, 11) is 0. The molecule has 2 unspecified atom stereocenters. The lowest BCUT2D eigenvalue weighted by Crippen LogP contribution is -2.35. The largest absolute Gasteiger partial charge is 0.490 e. The molecule has 0 saturated carbocycles. The summed E-state index contributed by atoms with van der Waals surface area (Å²) >= 11 is 0. The number of nitrogens with zero attached hydrogens (tertiary/aromatic N) is 3. The number of hydrogen-bond donors (Lipinski definition) is 1. The second-order valence-corrected chi connectivity index (χ2v) is 11.8. The highest BCUT2D eigenvalue weighted by Gasteiger charge is 2.26. The van der Waals surface area contributed by atoms with Crippen molar-refractivity contribution in [2.45, 2.75) is 78.1 Å². The lowest BCUT2D eigenvalue weighted by atomic mass is 9.94. The summed E-state index contributed by atoms with van der Waals surface area (Å²) in [6.45, 7) is 8.10. The molecule has 9 nitrogen and oxygen atoms in total. The van der Waals surface area contributed by atoms with E-state index in [9.17, 15) is 9.59 Å². The Balaban J connectivity index is 1.35. The molecule has 0 spiro atoms. The predicted molar refractivity (Wildman–Crippen MR) is 173 cm³/mol. The molecule has 0 radical (unpaired) electrons. The van der Waals surface area contributed by atoms with Crippen molar-refractivity contribution >= 4 is 0 Å². The lowest BCUT2D eigenvalue weighted by molar-refractivity contribution is -0.0721. The van der Waals surface area contributed by atoms with Crippen LogP contribution in [0.1, 0.15) is 62.7 Å². The molecule has 232 valence electrons. The molecule has 3 aromatic carbocycles. The minimum atomic E-state index is -0.626. The van der Waals surface area contributed by atoms with Gasteiger partial charge in [-0.15, -0.1) is 0 Å². The van der Waals surface area contributed by atoms with Gasteiger partial charge in [-0.3, -0.25) is 18.9 Å². The quantitative estimate of drug-likeness (QED) is 0.206. The van der Waals surface area contributed by atoms with Crippen LogP contribution in [0.15, 0.2) is 86.9 Å². The van der Waals surface area contributed by atoms with Crippen molar-refractivity contribution in [3.05, 3.63) is 116 Å². The molecule has 5 aromatic rings. The molecule has 3 heterocycles. The van der Waals surface area contributed by atoms with Gasteiger partial charge in [0.05, 0.1) is 23.6 Å². The Morgan fingerprint density at radius 1 is 0.956 bits per heavy atom. The van der Waals surface area contributed by atoms with Crippen LogP contribution in [0.4, 0.5) is 0 Å². The molecule has 45 heavy (non-hydrogen) atoms. The maximum absolute atomic E-state index is 14.2. The van der Waals surface area contributed by atoms with E-state index in [1.807, 2.05) is 79.7 Å². The van der Waals surface area contributed by atoms with Gasteiger partial charge >= 0.3 is 5.76 Å². The zero-order valence-corrected chi connectivity index (χ0v) is 26.1. The summed E-state index contributed by atoms with van der Waals surface area (Å²) in [6, 6.07) is 23.5. The Morgan fingerprint density at radius 3 is 2.36 bits per heavy atom. The van der Waals surface area contributed by atoms with Gasteiger partial charge < -0.3 is 9.47 Å². The van der Waals surface area contributed by atoms with Crippen LogP contribution in [0.25, 0.3) is 28.2 Å². The summed E-state index contributed by atoms with van der Waals surface area (Å²) in [4.78, 5) is 33.7. The van der Waals surface area contributed by atoms with Crippen LogP contribution in [-0.4, -0.2) is 38.0 Å². The fourth-order valence-electron chi connectivity index (χ4n) is 6.27. The molecular formula is C36H38N4O5. The van der Waals surface area contributed by atoms with Gasteiger partial charge in [0.15, 0.2) is 5.82 Å². The molecule has 0 amide bonds. The first-order valence-electron chi connectivity index (χ1n) is 15.6. The maximum Gasteiger partial charge on any atom is 0.439 e. The number of nitrogens with one attached hydrogen (secondary N) is 1. The Morgan fingerprint density at radius 2 is 1.69 bits per heavy atom. The first-order valence-corrected chi connectivity index (χ1v) is 15.6. The number of rotatable bonds is 9. The van der Waals surface area contributed by atoms with Crippen LogP contribution >= 0.6 is 0 Å². The smallest absolute Gasteiger partial charge is 0.439 e. The number of aryl methyl sites for hydroxylation is 2. The first-order chi connectivity index (χ1) is 21.8. The number of hydrogen-bond acceptors (Lipinski definition) is 7. The first kappa shape index (κ1) is 30.3. The molecule has 1 saturated heterocycles. The molecule has 0 bridgehead atoms. The zero-order valence-electron chi connectivity index (χ0n) is 26.1. The Kier molecular flexibility index (Phi) is 8.80. The third-order valence-electron chi connectivity index (χ3n) is 8.21. The van der Waals surface area contributed by atoms with Crippen LogP contribution in [0.2, 0.25) is 0 Å². The van der Waals surface area contributed by atoms with Crippen LogP contribution in [0.3, 0.4) is 0 Å². The minimum absolute atomic E-state index is 0.0916. The average Bonchev–Trinajstić information content (AvgIpc) is 3.46. The van der Waals surface area contributed by atoms with Crippen LogP contribution < -0.4 is 16.1 Å². The lowest BCUT2D eigenvalue weighted by Gasteiger charge is -2.32. The van der Waals surface area contributed by atoms with E-state index in [2.05, 4.69) is 30.9 Å². The highest BCUT2D eigenvalue weighted by molar-refractivity contribution is 5.81. The molecule has 1 fully saturated rings. The Bertz CT molecular complexity index is 1880. The predicted octanol–water partition coefficient (Wildman–Crippen LogP) is 6.43. The van der Waals surface area contributed by atoms with Gasteiger partial charge in [-0.05, 0) is 74.2 Å². The van der Waals surface area contributed by atoms with Crippen molar-refractivity contribution in [2.24, 2.45) is 0 Å². The molecule has 2 aromatic heterocycles. The van der Waals surface area contributed by atoms with E-state index < -0.39 is 5.76 Å². The van der Waals surface area contributed by atoms with E-state index in [0.29, 0.717) is 35.6 Å². The van der Waals surface area contributed by atoms with Crippen molar-refractivity contribution in [1.82, 2.24) is 19.7 Å². The number of aromatic nitrogens is 4. The van der Waals surface area contributed by atoms with Gasteiger partial charge in [0.25, 0.3) is 5.56 Å². The minimum Gasteiger partial charge on any atom is -0.490 e. The summed E-state index contributed by atoms with van der Waals surface area (Å²) in [5.74, 6) is 1.11. The topological polar surface area (TPSA) is 112 Å². The highest BCUT2D eigenvalue weighted by atomic mass is 16.5. The fourth-order valence-corrected chi connectivity index (χ4v) is 6.27. The van der Waals surface area contributed by atoms with E-state index in [0.717, 1.165) is 53.1 Å². The van der Waals surface area contributed by atoms with Crippen LogP contribution in [-0.2, 0) is 17.6 Å². The van der Waals surface area contributed by atoms with Crippen molar-refractivity contribution in [1.29, 1.82) is 0 Å². The Hall–Kier alpha value is -4.76. The standard InChI is InChI=1S/C36H38N4O5/c1-5-9-33-32(21-25-12-17-30(26-10-7-6-8-11-26)31(20-25)34-38-36(42)45-39-34)35(41)40(24(4)37-33)27-13-15-28(16-14-27)44-29-18-22(2)43-23(3)19-29/h6-8,10-17,20,22-23,29H,5,9,18-19,21H2,1-4H3,(H,38,39,42). The molecule has 1 aliphatic heterocycles. The van der Waals surface area contributed by atoms with Gasteiger partial charge in [0, 0.05) is 30.4 Å². The summed E-state index contributed by atoms with van der Waals surface area (Å²) in [6.07, 6.45) is 4.02. The van der Waals surface area contributed by atoms with E-state index in [4.69, 9.17) is 19.0 Å². The van der Waals surface area contributed by atoms with E-state index in [-0.39, 0.29) is 23.9 Å². The molecule has 1 N–H and O–H groups in total. The molecular weight excluding hydrogens is 568 g/mol. The molecule has 1 aliphatic rings. The third kappa shape index (κ3) is 6.68. The van der Waals surface area contributed by atoms with Crippen molar-refractivity contribution < 1.29 is 14.0 Å². The second-order valence-electron chi connectivity index (χ2n) is 11.8. The normalized spacial score (nSPS) is 18.2. The number of H-pyrrole nitrogens is 1. The van der Waals surface area contributed by atoms with E-state index in [1.54, 1.807) is 4.57 Å². The Labute approximate surface area is 261 Å². The number of aromatic amines is 1. The van der Waals surface area contributed by atoms with Crippen molar-refractivity contribution in [3.63, 3.8) is 0 Å². The monoisotopic (exact) mass is 606 g/mol. The number of benzene rings is 3. The van der Waals surface area contributed by atoms with Gasteiger partial charge in [-0.25, -0.2) is 9.78 Å². The average molecular weight is 607 g/mol. The van der Waals surface area contributed by atoms with E-state index >= 15 is 0 Å². The van der Waals surface area contributed by atoms with Crippen molar-refractivity contribution in [2.75, 3.05) is 0 Å². The molecule has 0 aliphatic carbocycles. The highest BCUT2D eigenvalue weighted by Crippen LogP contribution is 2.32. The molecule has 6 rings (SSSR count). The molecule has 2 atom stereocenters. The number of ether oxygens (including phenoxy) is 2. The van der Waals surface area contributed by atoms with Crippen LogP contribution in [0, 0.1) is 6.92 Å². The van der Waals surface area contributed by atoms with Gasteiger partial charge in [0.2, 0.25) is 0 Å². The second kappa shape index (κ2) is 13.1. The summed E-state index contributed by atoms with van der Waals surface area (Å²) in [5, 5.41) is 3.96. The SMILES string of the molecule is CCCc1nc(C)n(-c2ccc(OC3CC(C)OC(C)C3)cc2)c(=O)c1Cc1ccc(-c2ccccc2)c(-c2noc(=O)[nH]2)c1. The molecule has 9 heteroatoms. The van der Waals surface area contributed by atoms with Gasteiger partial charge in [0.1, 0.15) is 17.7 Å². The van der Waals surface area contributed by atoms with E-state index in [1.165, 1.54) is 0 Å². The zero-order chi connectivity index (χ0) is 31.5.